The summed E-state index contributed by atoms with van der Waals surface area (Å²) in [6, 6.07) is 12.0. The molecule has 3 nitrogen and oxygen atoms in total. The van der Waals surface area contributed by atoms with E-state index in [4.69, 9.17) is 8.74 Å². The van der Waals surface area contributed by atoms with Gasteiger partial charge in [0.05, 0.1) is 0 Å². The molecule has 0 saturated carbocycles. The molecular formula is C28H44O3S. The number of fused-ring (bicyclic) bond motifs is 1. The van der Waals surface area contributed by atoms with Gasteiger partial charge in [-0.25, -0.2) is 0 Å². The maximum Gasteiger partial charge on any atom is 0.357 e. The zero-order chi connectivity index (χ0) is 22.9. The number of rotatable bonds is 19. The molecule has 0 heterocycles. The normalized spacial score (nSPS) is 12.3. The van der Waals surface area contributed by atoms with Crippen molar-refractivity contribution in [1.29, 1.82) is 0 Å². The van der Waals surface area contributed by atoms with Gasteiger partial charge >= 0.3 is 11.4 Å². The van der Waals surface area contributed by atoms with E-state index in [-0.39, 0.29) is 0 Å². The predicted octanol–water partition coefficient (Wildman–Crippen LogP) is 9.16. The molecule has 32 heavy (non-hydrogen) atoms. The van der Waals surface area contributed by atoms with Crippen LogP contribution in [0.2, 0.25) is 0 Å². The van der Waals surface area contributed by atoms with Crippen LogP contribution in [0, 0.1) is 0 Å². The van der Waals surface area contributed by atoms with Crippen molar-refractivity contribution in [2.24, 2.45) is 0 Å². The van der Waals surface area contributed by atoms with Crippen LogP contribution >= 0.6 is 0 Å². The molecule has 2 aromatic carbocycles. The highest BCUT2D eigenvalue weighted by atomic mass is 32.2. The second-order valence-electron chi connectivity index (χ2n) is 9.20. The van der Waals surface area contributed by atoms with Crippen molar-refractivity contribution in [2.75, 3.05) is 0 Å². The molecule has 1 atom stereocenters. The van der Waals surface area contributed by atoms with E-state index in [1.807, 2.05) is 12.1 Å². The lowest BCUT2D eigenvalue weighted by atomic mass is 10.0. The van der Waals surface area contributed by atoms with Crippen LogP contribution in [-0.4, -0.2) is 8.76 Å². The standard InChI is InChI=1S/C28H44O3S/c1-2-3-4-5-6-7-8-9-10-11-12-13-14-15-16-17-18-25-19-20-27-24-28(31-32(29)30)22-21-26(27)23-25/h19-24H,2-18H2,1H3,(H,29,30). The molecule has 0 aliphatic rings. The van der Waals surface area contributed by atoms with Gasteiger partial charge in [-0.2, -0.15) is 4.21 Å². The zero-order valence-corrected chi connectivity index (χ0v) is 21.0. The monoisotopic (exact) mass is 460 g/mol. The Bertz CT molecular complexity index is 774. The Kier molecular flexibility index (Phi) is 14.4. The maximum atomic E-state index is 10.8. The molecule has 0 fully saturated rings. The van der Waals surface area contributed by atoms with Gasteiger partial charge in [-0.1, -0.05) is 128 Å². The van der Waals surface area contributed by atoms with E-state index >= 15 is 0 Å². The molecule has 1 unspecified atom stereocenters. The van der Waals surface area contributed by atoms with Gasteiger partial charge in [-0.3, -0.25) is 4.55 Å². The first-order valence-corrected chi connectivity index (χ1v) is 14.0. The van der Waals surface area contributed by atoms with Crippen molar-refractivity contribution in [2.45, 2.75) is 116 Å². The Labute approximate surface area is 198 Å². The largest absolute Gasteiger partial charge is 0.380 e. The van der Waals surface area contributed by atoms with Gasteiger partial charge in [0.25, 0.3) is 0 Å². The Balaban J connectivity index is 1.45. The second-order valence-corrected chi connectivity index (χ2v) is 9.80. The number of unbranched alkanes of at least 4 members (excludes halogenated alkanes) is 15. The molecule has 180 valence electrons. The van der Waals surface area contributed by atoms with E-state index < -0.39 is 11.4 Å². The van der Waals surface area contributed by atoms with Crippen LogP contribution in [0.5, 0.6) is 5.75 Å². The molecule has 2 rings (SSSR count). The molecule has 0 radical (unpaired) electrons. The maximum absolute atomic E-state index is 10.8. The molecule has 0 aliphatic carbocycles. The van der Waals surface area contributed by atoms with Gasteiger partial charge < -0.3 is 4.18 Å². The van der Waals surface area contributed by atoms with Crippen molar-refractivity contribution in [1.82, 2.24) is 0 Å². The third kappa shape index (κ3) is 12.0. The van der Waals surface area contributed by atoms with Gasteiger partial charge in [0.1, 0.15) is 5.75 Å². The van der Waals surface area contributed by atoms with Crippen LogP contribution in [-0.2, 0) is 17.8 Å². The van der Waals surface area contributed by atoms with Gasteiger partial charge in [-0.05, 0) is 41.3 Å². The average molecular weight is 461 g/mol. The quantitative estimate of drug-likeness (QED) is 0.168. The molecule has 2 aromatic rings. The van der Waals surface area contributed by atoms with Gasteiger partial charge in [-0.15, -0.1) is 0 Å². The van der Waals surface area contributed by atoms with Gasteiger partial charge in [0.2, 0.25) is 0 Å². The summed E-state index contributed by atoms with van der Waals surface area (Å²) >= 11 is -2.28. The van der Waals surface area contributed by atoms with Gasteiger partial charge in [0.15, 0.2) is 0 Å². The molecule has 4 heteroatoms. The van der Waals surface area contributed by atoms with Crippen molar-refractivity contribution >= 4 is 22.1 Å². The number of benzene rings is 2. The molecule has 0 saturated heterocycles. The smallest absolute Gasteiger partial charge is 0.357 e. The Morgan fingerprint density at radius 1 is 0.656 bits per heavy atom. The lowest BCUT2D eigenvalue weighted by molar-refractivity contribution is 0.458. The fraction of sp³-hybridized carbons (Fsp3) is 0.643. The lowest BCUT2D eigenvalue weighted by Crippen LogP contribution is -1.97. The summed E-state index contributed by atoms with van der Waals surface area (Å²) in [5, 5.41) is 2.18. The molecule has 0 aromatic heterocycles. The lowest BCUT2D eigenvalue weighted by Gasteiger charge is -2.06. The summed E-state index contributed by atoms with van der Waals surface area (Å²) < 4.78 is 24.5. The topological polar surface area (TPSA) is 46.5 Å². The summed E-state index contributed by atoms with van der Waals surface area (Å²) in [5.41, 5.74) is 1.36. The molecule has 0 spiro atoms. The molecule has 1 N–H and O–H groups in total. The first-order chi connectivity index (χ1) is 15.7. The number of aryl methyl sites for hydroxylation is 1. The highest BCUT2D eigenvalue weighted by molar-refractivity contribution is 7.74. The van der Waals surface area contributed by atoms with Crippen LogP contribution in [0.25, 0.3) is 10.8 Å². The van der Waals surface area contributed by atoms with Crippen LogP contribution in [0.4, 0.5) is 0 Å². The first kappa shape index (κ1) is 26.9. The van der Waals surface area contributed by atoms with Crippen LogP contribution < -0.4 is 4.18 Å². The zero-order valence-electron chi connectivity index (χ0n) is 20.2. The minimum atomic E-state index is -2.28. The minimum absolute atomic E-state index is 0.420. The van der Waals surface area contributed by atoms with Crippen LogP contribution in [0.3, 0.4) is 0 Å². The summed E-state index contributed by atoms with van der Waals surface area (Å²) in [6.07, 6.45) is 23.5. The van der Waals surface area contributed by atoms with Gasteiger partial charge in [0, 0.05) is 0 Å². The number of hydrogen-bond acceptors (Lipinski definition) is 2. The minimum Gasteiger partial charge on any atom is -0.380 e. The Hall–Kier alpha value is -1.39. The highest BCUT2D eigenvalue weighted by Crippen LogP contribution is 2.23. The highest BCUT2D eigenvalue weighted by Gasteiger charge is 2.02. The molecule has 0 bridgehead atoms. The Morgan fingerprint density at radius 3 is 1.66 bits per heavy atom. The second kappa shape index (κ2) is 17.1. The van der Waals surface area contributed by atoms with E-state index in [9.17, 15) is 4.21 Å². The predicted molar refractivity (Wildman–Crippen MR) is 139 cm³/mol. The molecule has 0 amide bonds. The SMILES string of the molecule is CCCCCCCCCCCCCCCCCCc1ccc2cc(OS(=O)O)ccc2c1. The average Bonchev–Trinajstić information content (AvgIpc) is 2.78. The number of hydrogen-bond donors (Lipinski definition) is 1. The van der Waals surface area contributed by atoms with Crippen LogP contribution in [0.15, 0.2) is 36.4 Å². The third-order valence-corrected chi connectivity index (χ3v) is 6.70. The van der Waals surface area contributed by atoms with Crippen molar-refractivity contribution in [3.05, 3.63) is 42.0 Å². The van der Waals surface area contributed by atoms with Crippen molar-refractivity contribution in [3.8, 4) is 5.75 Å². The van der Waals surface area contributed by atoms with E-state index in [1.54, 1.807) is 6.07 Å². The molecular weight excluding hydrogens is 416 g/mol. The van der Waals surface area contributed by atoms with E-state index in [1.165, 1.54) is 108 Å². The summed E-state index contributed by atoms with van der Waals surface area (Å²) in [6.45, 7) is 2.28. The van der Waals surface area contributed by atoms with Crippen molar-refractivity contribution in [3.63, 3.8) is 0 Å². The summed E-state index contributed by atoms with van der Waals surface area (Å²) in [7, 11) is 0. The van der Waals surface area contributed by atoms with Crippen LogP contribution in [0.1, 0.15) is 115 Å². The van der Waals surface area contributed by atoms with E-state index in [0.717, 1.165) is 17.2 Å². The fourth-order valence-electron chi connectivity index (χ4n) is 4.44. The third-order valence-electron chi connectivity index (χ3n) is 6.36. The van der Waals surface area contributed by atoms with Crippen molar-refractivity contribution < 1.29 is 12.9 Å². The fourth-order valence-corrected chi connectivity index (χ4v) is 4.71. The first-order valence-electron chi connectivity index (χ1n) is 13.0. The summed E-state index contributed by atoms with van der Waals surface area (Å²) in [4.78, 5) is 0. The Morgan fingerprint density at radius 2 is 1.12 bits per heavy atom. The van der Waals surface area contributed by atoms with E-state index in [2.05, 4.69) is 25.1 Å². The molecule has 0 aliphatic heterocycles. The summed E-state index contributed by atoms with van der Waals surface area (Å²) in [5.74, 6) is 0.420. The van der Waals surface area contributed by atoms with E-state index in [0.29, 0.717) is 5.75 Å².